The summed E-state index contributed by atoms with van der Waals surface area (Å²) < 4.78 is 43.0. The van der Waals surface area contributed by atoms with E-state index in [2.05, 4.69) is 31.9 Å². The second-order valence-electron chi connectivity index (χ2n) is 4.08. The Bertz CT molecular complexity index is 464. The van der Waals surface area contributed by atoms with Crippen LogP contribution < -0.4 is 4.74 Å². The van der Waals surface area contributed by atoms with Crippen LogP contribution in [0.3, 0.4) is 0 Å². The van der Waals surface area contributed by atoms with Crippen LogP contribution in [0.1, 0.15) is 18.4 Å². The molecule has 2 atom stereocenters. The first-order chi connectivity index (χ1) is 8.22. The van der Waals surface area contributed by atoms with Crippen molar-refractivity contribution in [2.45, 2.75) is 29.6 Å². The molecule has 100 valence electrons. The summed E-state index contributed by atoms with van der Waals surface area (Å²) in [6, 6.07) is 3.66. The fourth-order valence-electron chi connectivity index (χ4n) is 1.61. The average molecular weight is 390 g/mol. The van der Waals surface area contributed by atoms with Gasteiger partial charge in [-0.2, -0.15) is 13.2 Å². The van der Waals surface area contributed by atoms with Crippen LogP contribution in [-0.2, 0) is 6.18 Å². The molecule has 1 aliphatic carbocycles. The lowest BCUT2D eigenvalue weighted by atomic mass is 9.91. The molecule has 1 aromatic rings. The van der Waals surface area contributed by atoms with Gasteiger partial charge in [0.15, 0.2) is 4.51 Å². The van der Waals surface area contributed by atoms with E-state index in [1.165, 1.54) is 12.1 Å². The number of rotatable bonds is 2. The van der Waals surface area contributed by atoms with Gasteiger partial charge in [-0.25, -0.2) is 0 Å². The van der Waals surface area contributed by atoms with E-state index in [1.54, 1.807) is 0 Å². The van der Waals surface area contributed by atoms with Crippen molar-refractivity contribution in [3.63, 3.8) is 0 Å². The van der Waals surface area contributed by atoms with Gasteiger partial charge in [0.2, 0.25) is 0 Å². The van der Waals surface area contributed by atoms with Crippen molar-refractivity contribution in [1.29, 1.82) is 0 Å². The molecule has 0 amide bonds. The molecule has 0 bridgehead atoms. The van der Waals surface area contributed by atoms with Crippen molar-refractivity contribution in [3.05, 3.63) is 28.2 Å². The van der Waals surface area contributed by atoms with Gasteiger partial charge in [-0.3, -0.25) is 0 Å². The number of benzene rings is 1. The van der Waals surface area contributed by atoms with E-state index < -0.39 is 22.4 Å². The SMILES string of the molecule is OC1CCC1(Br)Oc1ccc(Br)cc1C(F)(F)F. The highest BCUT2D eigenvalue weighted by atomic mass is 79.9. The predicted octanol–water partition coefficient (Wildman–Crippen LogP) is 4.09. The maximum atomic E-state index is 12.8. The van der Waals surface area contributed by atoms with Crippen molar-refractivity contribution in [3.8, 4) is 5.75 Å². The van der Waals surface area contributed by atoms with Crippen molar-refractivity contribution in [2.24, 2.45) is 0 Å². The molecule has 1 aromatic carbocycles. The zero-order valence-corrected chi connectivity index (χ0v) is 12.1. The third kappa shape index (κ3) is 2.67. The summed E-state index contributed by atoms with van der Waals surface area (Å²) in [5.74, 6) is -0.290. The molecule has 2 nitrogen and oxygen atoms in total. The van der Waals surface area contributed by atoms with E-state index >= 15 is 0 Å². The Labute approximate surface area is 118 Å². The Morgan fingerprint density at radius 2 is 2.06 bits per heavy atom. The molecule has 18 heavy (non-hydrogen) atoms. The summed E-state index contributed by atoms with van der Waals surface area (Å²) in [7, 11) is 0. The Hall–Kier alpha value is -0.270. The molecule has 1 saturated carbocycles. The Morgan fingerprint density at radius 3 is 2.50 bits per heavy atom. The summed E-state index contributed by atoms with van der Waals surface area (Å²) in [6.07, 6.45) is -4.34. The highest BCUT2D eigenvalue weighted by Crippen LogP contribution is 2.45. The first-order valence-electron chi connectivity index (χ1n) is 5.15. The highest BCUT2D eigenvalue weighted by molar-refractivity contribution is 9.10. The molecule has 0 aromatic heterocycles. The van der Waals surface area contributed by atoms with Crippen LogP contribution in [0.2, 0.25) is 0 Å². The predicted molar refractivity (Wildman–Crippen MR) is 66.7 cm³/mol. The molecule has 0 saturated heterocycles. The molecular formula is C11H9Br2F3O2. The third-order valence-electron chi connectivity index (χ3n) is 2.78. The van der Waals surface area contributed by atoms with E-state index in [1.807, 2.05) is 0 Å². The van der Waals surface area contributed by atoms with Crippen LogP contribution in [0.15, 0.2) is 22.7 Å². The van der Waals surface area contributed by atoms with Gasteiger partial charge in [0.05, 0.1) is 5.56 Å². The number of ether oxygens (including phenoxy) is 1. The molecule has 0 radical (unpaired) electrons. The number of hydrogen-bond donors (Lipinski definition) is 1. The largest absolute Gasteiger partial charge is 0.473 e. The molecule has 0 heterocycles. The lowest BCUT2D eigenvalue weighted by Gasteiger charge is -2.41. The average Bonchev–Trinajstić information content (AvgIpc) is 2.28. The van der Waals surface area contributed by atoms with Gasteiger partial charge in [-0.15, -0.1) is 0 Å². The summed E-state index contributed by atoms with van der Waals surface area (Å²) in [4.78, 5) is 0. The zero-order valence-electron chi connectivity index (χ0n) is 8.97. The second-order valence-corrected chi connectivity index (χ2v) is 6.34. The second kappa shape index (κ2) is 4.68. The fraction of sp³-hybridized carbons (Fsp3) is 0.455. The minimum atomic E-state index is -4.50. The maximum Gasteiger partial charge on any atom is 0.420 e. The summed E-state index contributed by atoms with van der Waals surface area (Å²) in [5.41, 5.74) is -0.866. The van der Waals surface area contributed by atoms with Gasteiger partial charge in [0.25, 0.3) is 0 Å². The van der Waals surface area contributed by atoms with Crippen LogP contribution in [-0.4, -0.2) is 15.7 Å². The van der Waals surface area contributed by atoms with Crippen LogP contribution in [0.5, 0.6) is 5.75 Å². The van der Waals surface area contributed by atoms with E-state index in [-0.39, 0.29) is 5.75 Å². The van der Waals surface area contributed by atoms with Crippen molar-refractivity contribution < 1.29 is 23.0 Å². The Kier molecular flexibility index (Phi) is 3.68. The van der Waals surface area contributed by atoms with Crippen LogP contribution in [0.4, 0.5) is 13.2 Å². The monoisotopic (exact) mass is 388 g/mol. The first-order valence-corrected chi connectivity index (χ1v) is 6.74. The van der Waals surface area contributed by atoms with Crippen LogP contribution >= 0.6 is 31.9 Å². The molecule has 2 rings (SSSR count). The molecule has 0 spiro atoms. The standard InChI is InChI=1S/C11H9Br2F3O2/c12-6-1-2-8(7(5-6)11(14,15)16)18-10(13)4-3-9(10)17/h1-2,5,9,17H,3-4H2. The Morgan fingerprint density at radius 1 is 1.39 bits per heavy atom. The van der Waals surface area contributed by atoms with Crippen molar-refractivity contribution in [2.75, 3.05) is 0 Å². The number of halogens is 5. The number of alkyl halides is 4. The van der Waals surface area contributed by atoms with Gasteiger partial charge >= 0.3 is 6.18 Å². The van der Waals surface area contributed by atoms with Gasteiger partial charge in [0, 0.05) is 10.9 Å². The molecule has 1 N–H and O–H groups in total. The molecule has 0 aliphatic heterocycles. The van der Waals surface area contributed by atoms with Crippen LogP contribution in [0.25, 0.3) is 0 Å². The number of aliphatic hydroxyl groups is 1. The van der Waals surface area contributed by atoms with Crippen molar-refractivity contribution >= 4 is 31.9 Å². The van der Waals surface area contributed by atoms with E-state index in [4.69, 9.17) is 4.74 Å². The van der Waals surface area contributed by atoms with Gasteiger partial charge in [-0.1, -0.05) is 15.9 Å². The zero-order chi connectivity index (χ0) is 13.6. The smallest absolute Gasteiger partial charge is 0.420 e. The lowest BCUT2D eigenvalue weighted by Crippen LogP contribution is -2.51. The molecule has 7 heteroatoms. The maximum absolute atomic E-state index is 12.8. The minimum absolute atomic E-state index is 0.290. The fourth-order valence-corrected chi connectivity index (χ4v) is 2.61. The first kappa shape index (κ1) is 14.1. The van der Waals surface area contributed by atoms with Gasteiger partial charge in [0.1, 0.15) is 11.9 Å². The quantitative estimate of drug-likeness (QED) is 0.772. The van der Waals surface area contributed by atoms with Crippen molar-refractivity contribution in [1.82, 2.24) is 0 Å². The summed E-state index contributed by atoms with van der Waals surface area (Å²) >= 11 is 6.13. The van der Waals surface area contributed by atoms with Gasteiger partial charge in [-0.05, 0) is 40.5 Å². The molecule has 1 fully saturated rings. The normalized spacial score (nSPS) is 27.8. The topological polar surface area (TPSA) is 29.5 Å². The van der Waals surface area contributed by atoms with E-state index in [0.717, 1.165) is 6.07 Å². The number of aliphatic hydroxyl groups excluding tert-OH is 1. The van der Waals surface area contributed by atoms with E-state index in [9.17, 15) is 18.3 Å². The lowest BCUT2D eigenvalue weighted by molar-refractivity contribution is -0.141. The highest BCUT2D eigenvalue weighted by Gasteiger charge is 2.47. The minimum Gasteiger partial charge on any atom is -0.473 e. The molecule has 1 aliphatic rings. The van der Waals surface area contributed by atoms with E-state index in [0.29, 0.717) is 17.3 Å². The summed E-state index contributed by atoms with van der Waals surface area (Å²) in [6.45, 7) is 0. The van der Waals surface area contributed by atoms with Gasteiger partial charge < -0.3 is 9.84 Å². The Balaban J connectivity index is 2.33. The number of hydrogen-bond acceptors (Lipinski definition) is 2. The third-order valence-corrected chi connectivity index (χ3v) is 4.36. The molecular weight excluding hydrogens is 381 g/mol. The molecule has 2 unspecified atom stereocenters. The summed E-state index contributed by atoms with van der Waals surface area (Å²) in [5, 5.41) is 9.51. The van der Waals surface area contributed by atoms with Crippen LogP contribution in [0, 0.1) is 0 Å².